The Labute approximate surface area is 147 Å². The van der Waals surface area contributed by atoms with E-state index in [-0.39, 0.29) is 18.1 Å². The molecule has 1 aromatic carbocycles. The van der Waals surface area contributed by atoms with Crippen LogP contribution < -0.4 is 5.32 Å². The zero-order valence-corrected chi connectivity index (χ0v) is 15.0. The number of carbonyl (C=O) groups is 1. The van der Waals surface area contributed by atoms with Gasteiger partial charge in [0.2, 0.25) is 0 Å². The summed E-state index contributed by atoms with van der Waals surface area (Å²) in [6.07, 6.45) is 0.707. The van der Waals surface area contributed by atoms with Crippen molar-refractivity contribution in [1.29, 1.82) is 0 Å². The van der Waals surface area contributed by atoms with Gasteiger partial charge in [-0.05, 0) is 31.9 Å². The van der Waals surface area contributed by atoms with Gasteiger partial charge >= 0.3 is 0 Å². The highest BCUT2D eigenvalue weighted by Gasteiger charge is 2.29. The summed E-state index contributed by atoms with van der Waals surface area (Å²) < 4.78 is 11.3. The molecule has 1 amide bonds. The largest absolute Gasteiger partial charge is 0.377 e. The number of nitrogens with zero attached hydrogens (tertiary/aromatic N) is 1. The van der Waals surface area contributed by atoms with Crippen LogP contribution in [0.15, 0.2) is 24.3 Å². The van der Waals surface area contributed by atoms with Crippen LogP contribution in [0.4, 0.5) is 0 Å². The molecular formula is C19H25N3O3. The van der Waals surface area contributed by atoms with E-state index < -0.39 is 0 Å². The van der Waals surface area contributed by atoms with Crippen LogP contribution in [0.25, 0.3) is 0 Å². The molecule has 0 saturated carbocycles. The first kappa shape index (κ1) is 17.6. The fourth-order valence-corrected chi connectivity index (χ4v) is 3.20. The molecule has 2 atom stereocenters. The molecule has 25 heavy (non-hydrogen) atoms. The van der Waals surface area contributed by atoms with Crippen molar-refractivity contribution in [2.24, 2.45) is 0 Å². The predicted octanol–water partition coefficient (Wildman–Crippen LogP) is 2.90. The van der Waals surface area contributed by atoms with Crippen molar-refractivity contribution in [2.45, 2.75) is 52.6 Å². The molecule has 1 aliphatic heterocycles. The van der Waals surface area contributed by atoms with Crippen molar-refractivity contribution < 1.29 is 14.3 Å². The first-order valence-electron chi connectivity index (χ1n) is 8.75. The topological polar surface area (TPSA) is 76.2 Å². The van der Waals surface area contributed by atoms with Crippen LogP contribution >= 0.6 is 0 Å². The smallest absolute Gasteiger partial charge is 0.272 e. The van der Waals surface area contributed by atoms with Crippen LogP contribution in [0.3, 0.4) is 0 Å². The standard InChI is InChI=1S/C19H25N3O3/c1-4-24-11-15-8-6-5-7-14(15)10-20-19(23)18-16-9-12(2)25-13(3)17(16)21-22-18/h5-8,12-13H,4,9-11H2,1-3H3,(H,20,23)(H,21,22)/t12-,13+/m0/s1. The van der Waals surface area contributed by atoms with Crippen molar-refractivity contribution in [3.8, 4) is 0 Å². The quantitative estimate of drug-likeness (QED) is 0.845. The van der Waals surface area contributed by atoms with Gasteiger partial charge in [-0.2, -0.15) is 5.10 Å². The number of rotatable bonds is 6. The Balaban J connectivity index is 1.70. The first-order valence-corrected chi connectivity index (χ1v) is 8.75. The Kier molecular flexibility index (Phi) is 5.50. The molecule has 0 radical (unpaired) electrons. The van der Waals surface area contributed by atoms with E-state index in [1.54, 1.807) is 0 Å². The summed E-state index contributed by atoms with van der Waals surface area (Å²) in [6.45, 7) is 7.61. The van der Waals surface area contributed by atoms with E-state index in [2.05, 4.69) is 15.5 Å². The SMILES string of the molecule is CCOCc1ccccc1CNC(=O)c1n[nH]c2c1C[C@H](C)O[C@@H]2C. The van der Waals surface area contributed by atoms with E-state index in [1.165, 1.54) is 0 Å². The van der Waals surface area contributed by atoms with Gasteiger partial charge in [-0.15, -0.1) is 0 Å². The summed E-state index contributed by atoms with van der Waals surface area (Å²) in [5, 5.41) is 10.2. The van der Waals surface area contributed by atoms with Crippen LogP contribution in [0.2, 0.25) is 0 Å². The monoisotopic (exact) mass is 343 g/mol. The molecule has 6 nitrogen and oxygen atoms in total. The molecule has 134 valence electrons. The fraction of sp³-hybridized carbons (Fsp3) is 0.474. The molecular weight excluding hydrogens is 318 g/mol. The lowest BCUT2D eigenvalue weighted by Crippen LogP contribution is -2.27. The Morgan fingerprint density at radius 3 is 2.88 bits per heavy atom. The second-order valence-corrected chi connectivity index (χ2v) is 6.35. The normalized spacial score (nSPS) is 19.5. The number of aromatic amines is 1. The summed E-state index contributed by atoms with van der Waals surface area (Å²) in [5.41, 5.74) is 4.48. The lowest BCUT2D eigenvalue weighted by Gasteiger charge is -2.25. The maximum Gasteiger partial charge on any atom is 0.272 e. The van der Waals surface area contributed by atoms with Crippen LogP contribution in [-0.4, -0.2) is 28.8 Å². The molecule has 2 N–H and O–H groups in total. The van der Waals surface area contributed by atoms with Crippen molar-refractivity contribution in [1.82, 2.24) is 15.5 Å². The van der Waals surface area contributed by atoms with Crippen molar-refractivity contribution >= 4 is 5.91 Å². The van der Waals surface area contributed by atoms with E-state index in [0.717, 1.165) is 22.4 Å². The molecule has 2 heterocycles. The minimum absolute atomic E-state index is 0.0697. The zero-order valence-electron chi connectivity index (χ0n) is 15.0. The summed E-state index contributed by atoms with van der Waals surface area (Å²) in [7, 11) is 0. The Bertz CT molecular complexity index is 741. The van der Waals surface area contributed by atoms with E-state index in [0.29, 0.717) is 31.9 Å². The number of nitrogens with one attached hydrogen (secondary N) is 2. The van der Waals surface area contributed by atoms with Gasteiger partial charge in [-0.3, -0.25) is 9.89 Å². The molecule has 0 unspecified atom stereocenters. The second-order valence-electron chi connectivity index (χ2n) is 6.35. The number of ether oxygens (including phenoxy) is 2. The third kappa shape index (κ3) is 3.91. The number of aromatic nitrogens is 2. The minimum Gasteiger partial charge on any atom is -0.377 e. The number of hydrogen-bond donors (Lipinski definition) is 2. The van der Waals surface area contributed by atoms with Crippen LogP contribution in [0.1, 0.15) is 59.7 Å². The molecule has 3 rings (SSSR count). The molecule has 6 heteroatoms. The van der Waals surface area contributed by atoms with Gasteiger partial charge < -0.3 is 14.8 Å². The molecule has 0 spiro atoms. The summed E-state index contributed by atoms with van der Waals surface area (Å²) in [4.78, 5) is 12.6. The van der Waals surface area contributed by atoms with Gasteiger partial charge in [0, 0.05) is 25.1 Å². The van der Waals surface area contributed by atoms with Crippen molar-refractivity contribution in [3.05, 3.63) is 52.3 Å². The average molecular weight is 343 g/mol. The predicted molar refractivity (Wildman–Crippen MR) is 94.2 cm³/mol. The van der Waals surface area contributed by atoms with E-state index in [1.807, 2.05) is 45.0 Å². The Morgan fingerprint density at radius 2 is 2.12 bits per heavy atom. The van der Waals surface area contributed by atoms with Crippen molar-refractivity contribution in [3.63, 3.8) is 0 Å². The lowest BCUT2D eigenvalue weighted by atomic mass is 9.99. The highest BCUT2D eigenvalue weighted by Crippen LogP contribution is 2.30. The van der Waals surface area contributed by atoms with Gasteiger partial charge in [-0.25, -0.2) is 0 Å². The third-order valence-electron chi connectivity index (χ3n) is 4.47. The molecule has 0 saturated heterocycles. The number of H-pyrrole nitrogens is 1. The molecule has 1 aliphatic rings. The molecule has 0 aliphatic carbocycles. The molecule has 0 bridgehead atoms. The third-order valence-corrected chi connectivity index (χ3v) is 4.47. The maximum atomic E-state index is 12.6. The lowest BCUT2D eigenvalue weighted by molar-refractivity contribution is -0.00697. The Morgan fingerprint density at radius 1 is 1.36 bits per heavy atom. The van der Waals surface area contributed by atoms with Gasteiger partial charge in [0.25, 0.3) is 5.91 Å². The fourth-order valence-electron chi connectivity index (χ4n) is 3.20. The van der Waals surface area contributed by atoms with E-state index >= 15 is 0 Å². The van der Waals surface area contributed by atoms with Gasteiger partial charge in [0.1, 0.15) is 0 Å². The van der Waals surface area contributed by atoms with E-state index in [4.69, 9.17) is 9.47 Å². The number of carbonyl (C=O) groups excluding carboxylic acids is 1. The average Bonchev–Trinajstić information content (AvgIpc) is 3.02. The summed E-state index contributed by atoms with van der Waals surface area (Å²) in [6, 6.07) is 7.97. The molecule has 0 fully saturated rings. The summed E-state index contributed by atoms with van der Waals surface area (Å²) in [5.74, 6) is -0.162. The maximum absolute atomic E-state index is 12.6. The second kappa shape index (κ2) is 7.80. The summed E-state index contributed by atoms with van der Waals surface area (Å²) >= 11 is 0. The number of amides is 1. The highest BCUT2D eigenvalue weighted by atomic mass is 16.5. The number of fused-ring (bicyclic) bond motifs is 1. The molecule has 1 aromatic heterocycles. The van der Waals surface area contributed by atoms with Gasteiger partial charge in [-0.1, -0.05) is 24.3 Å². The van der Waals surface area contributed by atoms with Gasteiger partial charge in [0.15, 0.2) is 5.69 Å². The number of hydrogen-bond acceptors (Lipinski definition) is 4. The highest BCUT2D eigenvalue weighted by molar-refractivity contribution is 5.94. The van der Waals surface area contributed by atoms with Crippen LogP contribution in [0, 0.1) is 0 Å². The van der Waals surface area contributed by atoms with Crippen LogP contribution in [-0.2, 0) is 29.0 Å². The molecule has 2 aromatic rings. The van der Waals surface area contributed by atoms with Crippen LogP contribution in [0.5, 0.6) is 0 Å². The van der Waals surface area contributed by atoms with E-state index in [9.17, 15) is 4.79 Å². The first-order chi connectivity index (χ1) is 12.1. The minimum atomic E-state index is -0.162. The van der Waals surface area contributed by atoms with Gasteiger partial charge in [0.05, 0.1) is 24.5 Å². The van der Waals surface area contributed by atoms with Crippen molar-refractivity contribution in [2.75, 3.05) is 6.61 Å². The Hall–Kier alpha value is -2.18. The zero-order chi connectivity index (χ0) is 17.8. The number of benzene rings is 1.